The molecule has 0 saturated carbocycles. The van der Waals surface area contributed by atoms with Gasteiger partial charge in [0.15, 0.2) is 5.69 Å². The van der Waals surface area contributed by atoms with Gasteiger partial charge in [0.1, 0.15) is 17.1 Å². The van der Waals surface area contributed by atoms with Gasteiger partial charge < -0.3 is 15.2 Å². The molecule has 0 aliphatic carbocycles. The number of aromatic nitrogens is 4. The largest absolute Gasteiger partial charge is 0.497 e. The summed E-state index contributed by atoms with van der Waals surface area (Å²) in [5.41, 5.74) is 1.86. The highest BCUT2D eigenvalue weighted by Gasteiger charge is 2.20. The van der Waals surface area contributed by atoms with Gasteiger partial charge in [-0.05, 0) is 18.2 Å². The van der Waals surface area contributed by atoms with Crippen LogP contribution in [0.3, 0.4) is 0 Å². The first-order valence-electron chi connectivity index (χ1n) is 7.43. The Hall–Kier alpha value is -3.68. The third kappa shape index (κ3) is 2.49. The summed E-state index contributed by atoms with van der Waals surface area (Å²) in [5.74, 6) is -0.0359. The van der Waals surface area contributed by atoms with E-state index in [1.807, 2.05) is 18.2 Å². The maximum atomic E-state index is 11.6. The molecule has 4 aromatic rings. The molecule has 3 N–H and O–H groups in total. The van der Waals surface area contributed by atoms with Crippen molar-refractivity contribution in [3.05, 3.63) is 48.4 Å². The van der Waals surface area contributed by atoms with Gasteiger partial charge in [0.05, 0.1) is 18.0 Å². The number of benzene rings is 1. The SMILES string of the molecule is COc1cccc(Nc2nc3ccncc3c3n[nH]c(C(=O)O)c23)c1. The maximum absolute atomic E-state index is 11.6. The number of rotatable bonds is 4. The summed E-state index contributed by atoms with van der Waals surface area (Å²) in [4.78, 5) is 20.2. The Balaban J connectivity index is 1.96. The average molecular weight is 335 g/mol. The zero-order chi connectivity index (χ0) is 17.4. The van der Waals surface area contributed by atoms with E-state index in [-0.39, 0.29) is 5.69 Å². The van der Waals surface area contributed by atoms with Gasteiger partial charge in [-0.25, -0.2) is 9.78 Å². The van der Waals surface area contributed by atoms with E-state index in [0.29, 0.717) is 33.4 Å². The summed E-state index contributed by atoms with van der Waals surface area (Å²) in [5, 5.41) is 20.4. The van der Waals surface area contributed by atoms with Crippen molar-refractivity contribution in [2.75, 3.05) is 12.4 Å². The molecule has 0 aliphatic rings. The molecule has 0 fully saturated rings. The molecule has 0 aliphatic heterocycles. The van der Waals surface area contributed by atoms with Gasteiger partial charge in [-0.15, -0.1) is 0 Å². The van der Waals surface area contributed by atoms with Crippen molar-refractivity contribution in [3.63, 3.8) is 0 Å². The molecule has 124 valence electrons. The summed E-state index contributed by atoms with van der Waals surface area (Å²) >= 11 is 0. The first-order chi connectivity index (χ1) is 12.2. The molecule has 0 atom stereocenters. The minimum absolute atomic E-state index is 0.0290. The number of H-pyrrole nitrogens is 1. The fourth-order valence-electron chi connectivity index (χ4n) is 2.69. The molecule has 8 nitrogen and oxygen atoms in total. The number of carboxylic acid groups (broad SMARTS) is 1. The second kappa shape index (κ2) is 5.75. The van der Waals surface area contributed by atoms with Gasteiger partial charge in [-0.1, -0.05) is 6.07 Å². The van der Waals surface area contributed by atoms with Crippen molar-refractivity contribution >= 4 is 39.3 Å². The monoisotopic (exact) mass is 335 g/mol. The molecule has 0 bridgehead atoms. The second-order valence-electron chi connectivity index (χ2n) is 5.34. The molecular weight excluding hydrogens is 322 g/mol. The van der Waals surface area contributed by atoms with Crippen molar-refractivity contribution in [1.82, 2.24) is 20.2 Å². The highest BCUT2D eigenvalue weighted by atomic mass is 16.5. The molecule has 0 amide bonds. The zero-order valence-electron chi connectivity index (χ0n) is 13.1. The molecule has 0 radical (unpaired) electrons. The Labute approximate surface area is 141 Å². The van der Waals surface area contributed by atoms with Crippen molar-refractivity contribution in [2.24, 2.45) is 0 Å². The third-order valence-electron chi connectivity index (χ3n) is 3.83. The molecule has 0 saturated heterocycles. The lowest BCUT2D eigenvalue weighted by Gasteiger charge is -2.10. The number of nitrogens with one attached hydrogen (secondary N) is 2. The molecule has 0 spiro atoms. The number of hydrogen-bond acceptors (Lipinski definition) is 6. The maximum Gasteiger partial charge on any atom is 0.354 e. The van der Waals surface area contributed by atoms with Crippen LogP contribution in [0, 0.1) is 0 Å². The smallest absolute Gasteiger partial charge is 0.354 e. The molecule has 8 heteroatoms. The predicted octanol–water partition coefficient (Wildman–Crippen LogP) is 2.96. The summed E-state index contributed by atoms with van der Waals surface area (Å²) < 4.78 is 5.22. The van der Waals surface area contributed by atoms with E-state index >= 15 is 0 Å². The summed E-state index contributed by atoms with van der Waals surface area (Å²) in [6, 6.07) is 9.04. The first kappa shape index (κ1) is 14.9. The number of anilines is 2. The summed E-state index contributed by atoms with van der Waals surface area (Å²) in [7, 11) is 1.58. The predicted molar refractivity (Wildman–Crippen MR) is 92.4 cm³/mol. The van der Waals surface area contributed by atoms with Crippen molar-refractivity contribution in [2.45, 2.75) is 0 Å². The number of carboxylic acids is 1. The van der Waals surface area contributed by atoms with Crippen LogP contribution in [0.4, 0.5) is 11.5 Å². The van der Waals surface area contributed by atoms with Gasteiger partial charge in [0, 0.05) is 29.5 Å². The van der Waals surface area contributed by atoms with Crippen LogP contribution in [0.25, 0.3) is 21.8 Å². The third-order valence-corrected chi connectivity index (χ3v) is 3.83. The van der Waals surface area contributed by atoms with Crippen LogP contribution in [0.1, 0.15) is 10.5 Å². The first-order valence-corrected chi connectivity index (χ1v) is 7.43. The molecule has 1 aromatic carbocycles. The van der Waals surface area contributed by atoms with Crippen molar-refractivity contribution < 1.29 is 14.6 Å². The van der Waals surface area contributed by atoms with E-state index in [9.17, 15) is 9.90 Å². The van der Waals surface area contributed by atoms with Crippen LogP contribution in [-0.2, 0) is 0 Å². The minimum atomic E-state index is -1.11. The molecule has 25 heavy (non-hydrogen) atoms. The van der Waals surface area contributed by atoms with E-state index in [1.54, 1.807) is 31.6 Å². The number of aromatic amines is 1. The normalized spacial score (nSPS) is 10.9. The van der Waals surface area contributed by atoms with Crippen molar-refractivity contribution in [1.29, 1.82) is 0 Å². The molecule has 3 heterocycles. The van der Waals surface area contributed by atoms with E-state index < -0.39 is 5.97 Å². The molecular formula is C17H13N5O3. The van der Waals surface area contributed by atoms with Gasteiger partial charge in [0.25, 0.3) is 0 Å². The highest BCUT2D eigenvalue weighted by molar-refractivity contribution is 6.14. The lowest BCUT2D eigenvalue weighted by atomic mass is 10.1. The van der Waals surface area contributed by atoms with Crippen LogP contribution in [-0.4, -0.2) is 38.4 Å². The number of carbonyl (C=O) groups is 1. The van der Waals surface area contributed by atoms with E-state index in [1.165, 1.54) is 0 Å². The molecule has 4 rings (SSSR count). The van der Waals surface area contributed by atoms with Gasteiger partial charge in [-0.2, -0.15) is 5.10 Å². The Morgan fingerprint density at radius 1 is 1.32 bits per heavy atom. The Kier molecular flexibility index (Phi) is 3.42. The lowest BCUT2D eigenvalue weighted by molar-refractivity contribution is 0.0692. The molecule has 3 aromatic heterocycles. The summed E-state index contributed by atoms with van der Waals surface area (Å²) in [6.07, 6.45) is 3.24. The zero-order valence-corrected chi connectivity index (χ0v) is 13.1. The second-order valence-corrected chi connectivity index (χ2v) is 5.34. The quantitative estimate of drug-likeness (QED) is 0.525. The summed E-state index contributed by atoms with van der Waals surface area (Å²) in [6.45, 7) is 0. The average Bonchev–Trinajstić information content (AvgIpc) is 3.08. The number of nitrogens with zero attached hydrogens (tertiary/aromatic N) is 3. The Morgan fingerprint density at radius 3 is 3.00 bits per heavy atom. The minimum Gasteiger partial charge on any atom is -0.497 e. The fourth-order valence-corrected chi connectivity index (χ4v) is 2.69. The van der Waals surface area contributed by atoms with E-state index in [4.69, 9.17) is 4.74 Å². The van der Waals surface area contributed by atoms with Crippen molar-refractivity contribution in [3.8, 4) is 5.75 Å². The number of pyridine rings is 2. The number of ether oxygens (including phenoxy) is 1. The molecule has 0 unspecified atom stereocenters. The van der Waals surface area contributed by atoms with Crippen LogP contribution >= 0.6 is 0 Å². The van der Waals surface area contributed by atoms with Gasteiger partial charge in [0.2, 0.25) is 0 Å². The Morgan fingerprint density at radius 2 is 2.20 bits per heavy atom. The van der Waals surface area contributed by atoms with E-state index in [0.717, 1.165) is 5.69 Å². The number of hydrogen-bond donors (Lipinski definition) is 3. The Bertz CT molecular complexity index is 1110. The lowest BCUT2D eigenvalue weighted by Crippen LogP contribution is -2.01. The van der Waals surface area contributed by atoms with Crippen LogP contribution in [0.2, 0.25) is 0 Å². The van der Waals surface area contributed by atoms with Gasteiger partial charge in [-0.3, -0.25) is 10.1 Å². The number of fused-ring (bicyclic) bond motifs is 3. The van der Waals surface area contributed by atoms with Crippen LogP contribution in [0.15, 0.2) is 42.7 Å². The standard InChI is InChI=1S/C17H13N5O3/c1-25-10-4-2-3-9(7-10)19-16-13-14(21-22-15(13)17(23)24)11-8-18-6-5-12(11)20-16/h2-8H,1H3,(H,19,20)(H,21,22)(H,23,24). The van der Waals surface area contributed by atoms with E-state index in [2.05, 4.69) is 25.5 Å². The number of aromatic carboxylic acids is 1. The highest BCUT2D eigenvalue weighted by Crippen LogP contribution is 2.32. The number of methoxy groups -OCH3 is 1. The van der Waals surface area contributed by atoms with Crippen LogP contribution < -0.4 is 10.1 Å². The topological polar surface area (TPSA) is 113 Å². The fraction of sp³-hybridized carbons (Fsp3) is 0.0588. The van der Waals surface area contributed by atoms with Crippen LogP contribution in [0.5, 0.6) is 5.75 Å². The van der Waals surface area contributed by atoms with Gasteiger partial charge >= 0.3 is 5.97 Å².